The first-order valence-electron chi connectivity index (χ1n) is 9.55. The Morgan fingerprint density at radius 3 is 2.57 bits per heavy atom. The molecule has 1 aromatic carbocycles. The van der Waals surface area contributed by atoms with Crippen LogP contribution in [0.4, 0.5) is 16.4 Å². The van der Waals surface area contributed by atoms with Crippen LogP contribution in [0.3, 0.4) is 0 Å². The largest absolute Gasteiger partial charge is 0.444 e. The molecule has 1 amide bonds. The minimum Gasteiger partial charge on any atom is -0.444 e. The van der Waals surface area contributed by atoms with Gasteiger partial charge in [0.1, 0.15) is 6.10 Å². The number of aromatic nitrogens is 2. The van der Waals surface area contributed by atoms with Crippen LogP contribution in [0, 0.1) is 0 Å². The van der Waals surface area contributed by atoms with Crippen LogP contribution < -0.4 is 15.8 Å². The van der Waals surface area contributed by atoms with E-state index in [1.807, 2.05) is 13.8 Å². The average molecular weight is 436 g/mol. The summed E-state index contributed by atoms with van der Waals surface area (Å²) in [7, 11) is -3.74. The summed E-state index contributed by atoms with van der Waals surface area (Å²) < 4.78 is 33.7. The second kappa shape index (κ2) is 9.37. The Hall–Kier alpha value is -2.76. The lowest BCUT2D eigenvalue weighted by Crippen LogP contribution is -2.35. The molecule has 0 radical (unpaired) electrons. The molecule has 3 rings (SSSR count). The highest BCUT2D eigenvalue weighted by atomic mass is 32.2. The van der Waals surface area contributed by atoms with Gasteiger partial charge in [0.05, 0.1) is 17.6 Å². The first-order chi connectivity index (χ1) is 14.2. The summed E-state index contributed by atoms with van der Waals surface area (Å²) in [6.45, 7) is 4.21. The molecule has 1 aliphatic rings. The van der Waals surface area contributed by atoms with Crippen molar-refractivity contribution in [3.05, 3.63) is 42.2 Å². The van der Waals surface area contributed by atoms with E-state index in [9.17, 15) is 13.2 Å². The van der Waals surface area contributed by atoms with Gasteiger partial charge in [-0.05, 0) is 37.6 Å². The number of anilines is 2. The molecule has 0 saturated carbocycles. The molecule has 2 heterocycles. The molecule has 0 unspecified atom stereocenters. The van der Waals surface area contributed by atoms with E-state index < -0.39 is 16.1 Å². The molecule has 10 nitrogen and oxygen atoms in total. The van der Waals surface area contributed by atoms with Gasteiger partial charge in [-0.3, -0.25) is 0 Å². The van der Waals surface area contributed by atoms with E-state index in [2.05, 4.69) is 20.6 Å². The van der Waals surface area contributed by atoms with Crippen molar-refractivity contribution < 1.29 is 22.7 Å². The number of amides is 1. The maximum Gasteiger partial charge on any atom is 0.407 e. The van der Waals surface area contributed by atoms with Crippen LogP contribution in [0.25, 0.3) is 0 Å². The van der Waals surface area contributed by atoms with Gasteiger partial charge in [0.15, 0.2) is 0 Å². The van der Waals surface area contributed by atoms with Gasteiger partial charge in [-0.2, -0.15) is 0 Å². The molecule has 162 valence electrons. The van der Waals surface area contributed by atoms with Crippen molar-refractivity contribution in [2.45, 2.75) is 49.8 Å². The lowest BCUT2D eigenvalue weighted by atomic mass is 10.1. The maximum atomic E-state index is 11.8. The molecular formula is C19H25N5O5S. The minimum atomic E-state index is -3.74. The molecule has 11 heteroatoms. The number of nitrogens with one attached hydrogen (secondary N) is 2. The highest BCUT2D eigenvalue weighted by Gasteiger charge is 2.30. The Balaban J connectivity index is 1.54. The molecule has 1 aliphatic heterocycles. The third kappa shape index (κ3) is 5.88. The normalized spacial score (nSPS) is 19.8. The third-order valence-corrected chi connectivity index (χ3v) is 5.62. The summed E-state index contributed by atoms with van der Waals surface area (Å²) in [4.78, 5) is 20.4. The Morgan fingerprint density at radius 1 is 1.30 bits per heavy atom. The zero-order valence-corrected chi connectivity index (χ0v) is 17.6. The van der Waals surface area contributed by atoms with Gasteiger partial charge in [-0.15, -0.1) is 0 Å². The fourth-order valence-corrected chi connectivity index (χ4v) is 3.34. The van der Waals surface area contributed by atoms with Crippen molar-refractivity contribution in [2.24, 2.45) is 5.14 Å². The number of rotatable bonds is 7. The SMILES string of the molecule is CC[C@H](C)NC(=O)O[C@H]1CO[C@H](c2cnc(Nc3ccc(S(N)(=O)=O)cc3)nc2)C1. The number of carbonyl (C=O) groups excluding carboxylic acids is 1. The number of benzene rings is 1. The summed E-state index contributed by atoms with van der Waals surface area (Å²) in [5.41, 5.74) is 1.40. The van der Waals surface area contributed by atoms with Gasteiger partial charge in [0.2, 0.25) is 16.0 Å². The number of nitrogens with two attached hydrogens (primary N) is 1. The Labute approximate surface area is 175 Å². The quantitative estimate of drug-likeness (QED) is 0.600. The van der Waals surface area contributed by atoms with Gasteiger partial charge < -0.3 is 20.1 Å². The molecule has 2 aromatic rings. The number of nitrogens with zero attached hydrogens (tertiary/aromatic N) is 2. The van der Waals surface area contributed by atoms with Crippen LogP contribution in [0.15, 0.2) is 41.6 Å². The highest BCUT2D eigenvalue weighted by Crippen LogP contribution is 2.30. The molecule has 1 saturated heterocycles. The number of ether oxygens (including phenoxy) is 2. The van der Waals surface area contributed by atoms with Crippen LogP contribution in [0.1, 0.15) is 38.4 Å². The standard InChI is InChI=1S/C19H25N5O5S/c1-3-12(2)23-19(25)29-15-8-17(28-11-15)13-9-21-18(22-10-13)24-14-4-6-16(7-5-14)30(20,26)27/h4-7,9-10,12,15,17H,3,8,11H2,1-2H3,(H,23,25)(H2,20,26,27)(H,21,22,24)/t12-,15+,17-/m0/s1. The Morgan fingerprint density at radius 2 is 1.97 bits per heavy atom. The van der Waals surface area contributed by atoms with Crippen LogP contribution >= 0.6 is 0 Å². The van der Waals surface area contributed by atoms with Crippen LogP contribution in [0.2, 0.25) is 0 Å². The number of carbonyl (C=O) groups is 1. The van der Waals surface area contributed by atoms with Crippen LogP contribution in [-0.4, -0.2) is 43.2 Å². The molecule has 3 atom stereocenters. The monoisotopic (exact) mass is 435 g/mol. The van der Waals surface area contributed by atoms with E-state index in [4.69, 9.17) is 14.6 Å². The van der Waals surface area contributed by atoms with E-state index in [1.165, 1.54) is 12.1 Å². The predicted octanol–water partition coefficient (Wildman–Crippen LogP) is 2.22. The Kier molecular flexibility index (Phi) is 6.85. The smallest absolute Gasteiger partial charge is 0.407 e. The van der Waals surface area contributed by atoms with Crippen LogP contribution in [0.5, 0.6) is 0 Å². The average Bonchev–Trinajstić information content (AvgIpc) is 3.16. The third-order valence-electron chi connectivity index (χ3n) is 4.69. The zero-order valence-electron chi connectivity index (χ0n) is 16.7. The second-order valence-corrected chi connectivity index (χ2v) is 8.63. The van der Waals surface area contributed by atoms with Crippen molar-refractivity contribution in [3.8, 4) is 0 Å². The van der Waals surface area contributed by atoms with Crippen molar-refractivity contribution in [1.82, 2.24) is 15.3 Å². The lowest BCUT2D eigenvalue weighted by molar-refractivity contribution is 0.0686. The highest BCUT2D eigenvalue weighted by molar-refractivity contribution is 7.89. The van der Waals surface area contributed by atoms with Crippen LogP contribution in [-0.2, 0) is 19.5 Å². The number of hydrogen-bond donors (Lipinski definition) is 3. The number of hydrogen-bond acceptors (Lipinski definition) is 8. The topological polar surface area (TPSA) is 146 Å². The first-order valence-corrected chi connectivity index (χ1v) is 11.1. The summed E-state index contributed by atoms with van der Waals surface area (Å²) in [5, 5.41) is 10.8. The maximum absolute atomic E-state index is 11.8. The van der Waals surface area contributed by atoms with E-state index in [-0.39, 0.29) is 23.1 Å². The molecule has 1 fully saturated rings. The van der Waals surface area contributed by atoms with Gasteiger partial charge in [0, 0.05) is 36.1 Å². The van der Waals surface area contributed by atoms with Gasteiger partial charge in [0.25, 0.3) is 0 Å². The molecule has 4 N–H and O–H groups in total. The van der Waals surface area contributed by atoms with Crippen molar-refractivity contribution >= 4 is 27.8 Å². The zero-order chi connectivity index (χ0) is 21.7. The molecular weight excluding hydrogens is 410 g/mol. The fourth-order valence-electron chi connectivity index (χ4n) is 2.83. The molecule has 0 spiro atoms. The van der Waals surface area contributed by atoms with Gasteiger partial charge >= 0.3 is 6.09 Å². The summed E-state index contributed by atoms with van der Waals surface area (Å²) in [5.74, 6) is 0.348. The van der Waals surface area contributed by atoms with E-state index >= 15 is 0 Å². The molecule has 0 aliphatic carbocycles. The van der Waals surface area contributed by atoms with E-state index in [0.717, 1.165) is 12.0 Å². The molecule has 0 bridgehead atoms. The predicted molar refractivity (Wildman–Crippen MR) is 110 cm³/mol. The number of primary sulfonamides is 1. The van der Waals surface area contributed by atoms with Crippen molar-refractivity contribution in [1.29, 1.82) is 0 Å². The van der Waals surface area contributed by atoms with Gasteiger partial charge in [-0.1, -0.05) is 6.92 Å². The summed E-state index contributed by atoms with van der Waals surface area (Å²) in [6.07, 6.45) is 3.61. The van der Waals surface area contributed by atoms with E-state index in [1.54, 1.807) is 24.5 Å². The van der Waals surface area contributed by atoms with E-state index in [0.29, 0.717) is 24.7 Å². The number of sulfonamides is 1. The number of alkyl carbamates (subject to hydrolysis) is 1. The minimum absolute atomic E-state index is 0.0253. The Bertz CT molecular complexity index is 966. The molecule has 30 heavy (non-hydrogen) atoms. The van der Waals surface area contributed by atoms with Crippen molar-refractivity contribution in [2.75, 3.05) is 11.9 Å². The fraction of sp³-hybridized carbons (Fsp3) is 0.421. The molecule has 1 aromatic heterocycles. The van der Waals surface area contributed by atoms with Gasteiger partial charge in [-0.25, -0.2) is 28.3 Å². The van der Waals surface area contributed by atoms with Crippen molar-refractivity contribution in [3.63, 3.8) is 0 Å². The lowest BCUT2D eigenvalue weighted by Gasteiger charge is -2.15. The summed E-state index contributed by atoms with van der Waals surface area (Å²) >= 11 is 0. The summed E-state index contributed by atoms with van der Waals surface area (Å²) in [6, 6.07) is 6.00. The second-order valence-electron chi connectivity index (χ2n) is 7.07. The first kappa shape index (κ1) is 21.9.